The van der Waals surface area contributed by atoms with Crippen molar-refractivity contribution in [3.05, 3.63) is 35.9 Å². The lowest BCUT2D eigenvalue weighted by molar-refractivity contribution is 0.240. The van der Waals surface area contributed by atoms with Crippen LogP contribution in [0.3, 0.4) is 0 Å². The topological polar surface area (TPSA) is 15.3 Å². The van der Waals surface area contributed by atoms with Gasteiger partial charge in [-0.15, -0.1) is 0 Å². The lowest BCUT2D eigenvalue weighted by Crippen LogP contribution is -2.30. The lowest BCUT2D eigenvalue weighted by atomic mass is 10.1. The normalized spacial score (nSPS) is 20.5. The zero-order valence-electron chi connectivity index (χ0n) is 10.2. The largest absolute Gasteiger partial charge is 0.316 e. The molecule has 0 bridgehead atoms. The fourth-order valence-electron chi connectivity index (χ4n) is 2.38. The quantitative estimate of drug-likeness (QED) is 0.814. The minimum atomic E-state index is 0.851. The second kappa shape index (κ2) is 6.02. The van der Waals surface area contributed by atoms with E-state index in [1.807, 2.05) is 0 Å². The highest BCUT2D eigenvalue weighted by atomic mass is 15.1. The van der Waals surface area contributed by atoms with Crippen molar-refractivity contribution in [3.8, 4) is 0 Å². The van der Waals surface area contributed by atoms with Gasteiger partial charge in [0.25, 0.3) is 0 Å². The molecule has 1 N–H and O–H groups in total. The van der Waals surface area contributed by atoms with Crippen LogP contribution in [0.2, 0.25) is 0 Å². The fourth-order valence-corrected chi connectivity index (χ4v) is 2.38. The number of hydrogen-bond acceptors (Lipinski definition) is 2. The monoisotopic (exact) mass is 218 g/mol. The molecule has 2 nitrogen and oxygen atoms in total. The second-order valence-electron chi connectivity index (χ2n) is 4.67. The molecule has 0 saturated carbocycles. The molecule has 88 valence electrons. The van der Waals surface area contributed by atoms with Crippen molar-refractivity contribution in [2.45, 2.75) is 19.9 Å². The third-order valence-electron chi connectivity index (χ3n) is 3.37. The van der Waals surface area contributed by atoms with Crippen LogP contribution < -0.4 is 5.32 Å². The van der Waals surface area contributed by atoms with Gasteiger partial charge in [0.05, 0.1) is 0 Å². The molecular formula is C14H22N2. The molecule has 1 heterocycles. The van der Waals surface area contributed by atoms with E-state index in [0.29, 0.717) is 0 Å². The summed E-state index contributed by atoms with van der Waals surface area (Å²) in [6.07, 6.45) is 1.34. The van der Waals surface area contributed by atoms with Crippen molar-refractivity contribution in [1.82, 2.24) is 10.2 Å². The Labute approximate surface area is 98.7 Å². The first kappa shape index (κ1) is 11.6. The minimum Gasteiger partial charge on any atom is -0.316 e. The molecule has 0 radical (unpaired) electrons. The minimum absolute atomic E-state index is 0.851. The highest BCUT2D eigenvalue weighted by Gasteiger charge is 2.17. The van der Waals surface area contributed by atoms with Crippen LogP contribution in [0.5, 0.6) is 0 Å². The maximum atomic E-state index is 3.44. The maximum absolute atomic E-state index is 3.44. The summed E-state index contributed by atoms with van der Waals surface area (Å²) in [5.41, 5.74) is 1.43. The molecule has 1 aromatic carbocycles. The van der Waals surface area contributed by atoms with Gasteiger partial charge in [-0.1, -0.05) is 37.3 Å². The van der Waals surface area contributed by atoms with Crippen LogP contribution in [0.15, 0.2) is 30.3 Å². The molecule has 2 rings (SSSR count). The van der Waals surface area contributed by atoms with Gasteiger partial charge < -0.3 is 5.32 Å². The van der Waals surface area contributed by atoms with E-state index >= 15 is 0 Å². The van der Waals surface area contributed by atoms with Crippen LogP contribution in [-0.4, -0.2) is 31.1 Å². The third kappa shape index (κ3) is 3.32. The summed E-state index contributed by atoms with van der Waals surface area (Å²) in [5, 5.41) is 3.44. The van der Waals surface area contributed by atoms with Crippen molar-refractivity contribution in [2.75, 3.05) is 26.2 Å². The van der Waals surface area contributed by atoms with Crippen molar-refractivity contribution in [1.29, 1.82) is 0 Å². The standard InChI is InChI=1S/C14H22N2/c1-2-16(12-14-8-9-15-10-14)11-13-6-4-3-5-7-13/h3-7,14-15H,2,8-12H2,1H3. The molecule has 1 aliphatic rings. The average molecular weight is 218 g/mol. The molecule has 0 spiro atoms. The van der Waals surface area contributed by atoms with Gasteiger partial charge in [-0.25, -0.2) is 0 Å². The number of rotatable bonds is 5. The van der Waals surface area contributed by atoms with Crippen molar-refractivity contribution < 1.29 is 0 Å². The van der Waals surface area contributed by atoms with Crippen molar-refractivity contribution >= 4 is 0 Å². The van der Waals surface area contributed by atoms with Crippen molar-refractivity contribution in [2.24, 2.45) is 5.92 Å². The van der Waals surface area contributed by atoms with Gasteiger partial charge in [0.1, 0.15) is 0 Å². The molecule has 0 aromatic heterocycles. The van der Waals surface area contributed by atoms with Gasteiger partial charge in [-0.05, 0) is 37.5 Å². The zero-order chi connectivity index (χ0) is 11.2. The van der Waals surface area contributed by atoms with Crippen LogP contribution in [0, 0.1) is 5.92 Å². The highest BCUT2D eigenvalue weighted by Crippen LogP contribution is 2.12. The molecule has 1 aliphatic heterocycles. The van der Waals surface area contributed by atoms with Gasteiger partial charge in [0.15, 0.2) is 0 Å². The zero-order valence-corrected chi connectivity index (χ0v) is 10.2. The van der Waals surface area contributed by atoms with E-state index in [1.54, 1.807) is 0 Å². The molecule has 2 heteroatoms. The van der Waals surface area contributed by atoms with E-state index in [9.17, 15) is 0 Å². The van der Waals surface area contributed by atoms with Gasteiger partial charge in [0.2, 0.25) is 0 Å². The Morgan fingerprint density at radius 2 is 2.12 bits per heavy atom. The summed E-state index contributed by atoms with van der Waals surface area (Å²) in [6, 6.07) is 10.8. The van der Waals surface area contributed by atoms with E-state index in [-0.39, 0.29) is 0 Å². The Bertz CT molecular complexity index is 291. The fraction of sp³-hybridized carbons (Fsp3) is 0.571. The maximum Gasteiger partial charge on any atom is 0.0233 e. The summed E-state index contributed by atoms with van der Waals surface area (Å²) in [4.78, 5) is 2.55. The van der Waals surface area contributed by atoms with Crippen LogP contribution in [0.1, 0.15) is 18.9 Å². The second-order valence-corrected chi connectivity index (χ2v) is 4.67. The van der Waals surface area contributed by atoms with Crippen LogP contribution >= 0.6 is 0 Å². The summed E-state index contributed by atoms with van der Waals surface area (Å²) >= 11 is 0. The van der Waals surface area contributed by atoms with Gasteiger partial charge in [0, 0.05) is 13.1 Å². The summed E-state index contributed by atoms with van der Waals surface area (Å²) in [7, 11) is 0. The average Bonchev–Trinajstić information content (AvgIpc) is 2.82. The van der Waals surface area contributed by atoms with E-state index in [1.165, 1.54) is 31.6 Å². The molecule has 1 atom stereocenters. The summed E-state index contributed by atoms with van der Waals surface area (Å²) < 4.78 is 0. The smallest absolute Gasteiger partial charge is 0.0233 e. The lowest BCUT2D eigenvalue weighted by Gasteiger charge is -2.23. The highest BCUT2D eigenvalue weighted by molar-refractivity contribution is 5.14. The first-order valence-electron chi connectivity index (χ1n) is 6.35. The first-order chi connectivity index (χ1) is 7.88. The molecule has 1 aromatic rings. The third-order valence-corrected chi connectivity index (χ3v) is 3.37. The predicted octanol–water partition coefficient (Wildman–Crippen LogP) is 2.12. The predicted molar refractivity (Wildman–Crippen MR) is 68.4 cm³/mol. The van der Waals surface area contributed by atoms with Crippen LogP contribution in [0.25, 0.3) is 0 Å². The molecule has 1 unspecified atom stereocenters. The Morgan fingerprint density at radius 3 is 2.75 bits per heavy atom. The first-order valence-corrected chi connectivity index (χ1v) is 6.35. The summed E-state index contributed by atoms with van der Waals surface area (Å²) in [5.74, 6) is 0.851. The molecule has 0 aliphatic carbocycles. The Balaban J connectivity index is 1.85. The molecule has 1 fully saturated rings. The molecule has 16 heavy (non-hydrogen) atoms. The van der Waals surface area contributed by atoms with Crippen molar-refractivity contribution in [3.63, 3.8) is 0 Å². The van der Waals surface area contributed by atoms with Gasteiger partial charge in [-0.2, -0.15) is 0 Å². The molecule has 1 saturated heterocycles. The molecule has 0 amide bonds. The molecular weight excluding hydrogens is 196 g/mol. The number of hydrogen-bond donors (Lipinski definition) is 1. The van der Waals surface area contributed by atoms with E-state index in [0.717, 1.165) is 19.0 Å². The van der Waals surface area contributed by atoms with Gasteiger partial charge in [-0.3, -0.25) is 4.90 Å². The van der Waals surface area contributed by atoms with Crippen LogP contribution in [0.4, 0.5) is 0 Å². The van der Waals surface area contributed by atoms with E-state index in [4.69, 9.17) is 0 Å². The van der Waals surface area contributed by atoms with Crippen LogP contribution in [-0.2, 0) is 6.54 Å². The number of nitrogens with one attached hydrogen (secondary N) is 1. The van der Waals surface area contributed by atoms with Gasteiger partial charge >= 0.3 is 0 Å². The Kier molecular flexibility index (Phi) is 4.37. The Hall–Kier alpha value is -0.860. The summed E-state index contributed by atoms with van der Waals surface area (Å²) in [6.45, 7) is 8.13. The van der Waals surface area contributed by atoms with E-state index < -0.39 is 0 Å². The number of nitrogens with zero attached hydrogens (tertiary/aromatic N) is 1. The van der Waals surface area contributed by atoms with E-state index in [2.05, 4.69) is 47.5 Å². The number of benzene rings is 1. The SMILES string of the molecule is CCN(Cc1ccccc1)CC1CCNC1. The Morgan fingerprint density at radius 1 is 1.31 bits per heavy atom.